The number of nitrogens with one attached hydrogen (secondary N) is 1. The monoisotopic (exact) mass is 402 g/mol. The summed E-state index contributed by atoms with van der Waals surface area (Å²) in [5.74, 6) is -0.195. The van der Waals surface area contributed by atoms with Crippen molar-refractivity contribution >= 4 is 31.9 Å². The van der Waals surface area contributed by atoms with E-state index in [1.54, 1.807) is 0 Å². The van der Waals surface area contributed by atoms with Crippen molar-refractivity contribution in [1.29, 1.82) is 0 Å². The molecule has 1 heterocycles. The highest BCUT2D eigenvalue weighted by atomic mass is 79.9. The molecule has 0 bridgehead atoms. The van der Waals surface area contributed by atoms with Gasteiger partial charge in [0.1, 0.15) is 6.04 Å². The van der Waals surface area contributed by atoms with Crippen molar-refractivity contribution in [2.75, 3.05) is 12.8 Å². The Bertz CT molecular complexity index is 646. The third-order valence-corrected chi connectivity index (χ3v) is 5.84. The average molecular weight is 403 g/mol. The summed E-state index contributed by atoms with van der Waals surface area (Å²) in [7, 11) is -3.35. The molecule has 5 nitrogen and oxygen atoms in total. The number of nitrogens with zero attached hydrogens (tertiary/aromatic N) is 1. The fourth-order valence-corrected chi connectivity index (χ4v) is 4.32. The van der Waals surface area contributed by atoms with Gasteiger partial charge in [-0.15, -0.1) is 0 Å². The van der Waals surface area contributed by atoms with Gasteiger partial charge < -0.3 is 5.32 Å². The number of amides is 1. The lowest BCUT2D eigenvalue weighted by Gasteiger charge is -2.33. The summed E-state index contributed by atoms with van der Waals surface area (Å²) in [6.45, 7) is 2.37. The van der Waals surface area contributed by atoms with Crippen molar-refractivity contribution in [2.45, 2.75) is 44.7 Å². The van der Waals surface area contributed by atoms with Gasteiger partial charge in [0, 0.05) is 17.1 Å². The number of piperidine rings is 1. The summed E-state index contributed by atoms with van der Waals surface area (Å²) < 4.78 is 26.1. The summed E-state index contributed by atoms with van der Waals surface area (Å²) >= 11 is 3.40. The van der Waals surface area contributed by atoms with Crippen molar-refractivity contribution in [3.63, 3.8) is 0 Å². The minimum atomic E-state index is -3.35. The standard InChI is InChI=1S/C16H23BrN2O3S/c1-12(11-13-6-8-14(17)9-7-13)18-16(20)15-5-3-4-10-19(15)23(2,21)22/h6-9,12,15H,3-5,10-11H2,1-2H3,(H,18,20). The Balaban J connectivity index is 1.97. The van der Waals surface area contributed by atoms with Crippen molar-refractivity contribution in [3.05, 3.63) is 34.3 Å². The van der Waals surface area contributed by atoms with E-state index >= 15 is 0 Å². The molecule has 2 rings (SSSR count). The van der Waals surface area contributed by atoms with Crippen LogP contribution in [0.2, 0.25) is 0 Å². The lowest BCUT2D eigenvalue weighted by Crippen LogP contribution is -2.53. The van der Waals surface area contributed by atoms with Gasteiger partial charge in [-0.05, 0) is 43.9 Å². The van der Waals surface area contributed by atoms with Crippen LogP contribution in [0, 0.1) is 0 Å². The van der Waals surface area contributed by atoms with E-state index in [0.29, 0.717) is 19.4 Å². The molecule has 7 heteroatoms. The Kier molecular flexibility index (Phi) is 6.22. The zero-order valence-electron chi connectivity index (χ0n) is 13.5. The van der Waals surface area contributed by atoms with E-state index in [9.17, 15) is 13.2 Å². The van der Waals surface area contributed by atoms with Crippen LogP contribution < -0.4 is 5.32 Å². The SMILES string of the molecule is CC(Cc1ccc(Br)cc1)NC(=O)C1CCCCN1S(C)(=O)=O. The molecule has 1 amide bonds. The minimum absolute atomic E-state index is 0.0491. The van der Waals surface area contributed by atoms with Gasteiger partial charge in [-0.2, -0.15) is 4.31 Å². The van der Waals surface area contributed by atoms with Crippen molar-refractivity contribution < 1.29 is 13.2 Å². The molecule has 0 spiro atoms. The number of carbonyl (C=O) groups excluding carboxylic acids is 1. The smallest absolute Gasteiger partial charge is 0.238 e. The Labute approximate surface area is 146 Å². The number of halogens is 1. The number of sulfonamides is 1. The first-order valence-electron chi connectivity index (χ1n) is 7.79. The second-order valence-electron chi connectivity index (χ2n) is 6.13. The van der Waals surface area contributed by atoms with Gasteiger partial charge in [0.15, 0.2) is 0 Å². The van der Waals surface area contributed by atoms with Gasteiger partial charge in [0.25, 0.3) is 0 Å². The highest BCUT2D eigenvalue weighted by molar-refractivity contribution is 9.10. The summed E-state index contributed by atoms with van der Waals surface area (Å²) in [5, 5.41) is 2.96. The molecule has 0 aliphatic carbocycles. The first kappa shape index (κ1) is 18.4. The molecule has 0 aromatic heterocycles. The highest BCUT2D eigenvalue weighted by Crippen LogP contribution is 2.20. The maximum Gasteiger partial charge on any atom is 0.238 e. The Morgan fingerprint density at radius 3 is 2.61 bits per heavy atom. The molecule has 1 saturated heterocycles. The lowest BCUT2D eigenvalue weighted by atomic mass is 10.0. The predicted octanol–water partition coefficient (Wildman–Crippen LogP) is 2.31. The van der Waals surface area contributed by atoms with Gasteiger partial charge in [0.05, 0.1) is 6.26 Å². The number of hydrogen-bond acceptors (Lipinski definition) is 3. The minimum Gasteiger partial charge on any atom is -0.352 e. The largest absolute Gasteiger partial charge is 0.352 e. The second kappa shape index (κ2) is 7.77. The summed E-state index contributed by atoms with van der Waals surface area (Å²) in [6, 6.07) is 7.33. The lowest BCUT2D eigenvalue weighted by molar-refractivity contribution is -0.126. The molecule has 1 aromatic rings. The van der Waals surface area contributed by atoms with E-state index in [4.69, 9.17) is 0 Å². The molecule has 128 valence electrons. The Morgan fingerprint density at radius 2 is 2.00 bits per heavy atom. The van der Waals surface area contributed by atoms with Crippen LogP contribution in [-0.4, -0.2) is 43.5 Å². The number of hydrogen-bond donors (Lipinski definition) is 1. The zero-order chi connectivity index (χ0) is 17.0. The average Bonchev–Trinajstić information content (AvgIpc) is 2.48. The Hall–Kier alpha value is -0.920. The fourth-order valence-electron chi connectivity index (χ4n) is 2.93. The van der Waals surface area contributed by atoms with Gasteiger partial charge in [-0.1, -0.05) is 34.5 Å². The van der Waals surface area contributed by atoms with Crippen LogP contribution in [0.15, 0.2) is 28.7 Å². The van der Waals surface area contributed by atoms with Gasteiger partial charge in [-0.25, -0.2) is 8.42 Å². The van der Waals surface area contributed by atoms with E-state index in [-0.39, 0.29) is 11.9 Å². The first-order valence-corrected chi connectivity index (χ1v) is 10.4. The van der Waals surface area contributed by atoms with Crippen molar-refractivity contribution in [3.8, 4) is 0 Å². The maximum atomic E-state index is 12.5. The van der Waals surface area contributed by atoms with Crippen LogP contribution in [0.25, 0.3) is 0 Å². The summed E-state index contributed by atoms with van der Waals surface area (Å²) in [5.41, 5.74) is 1.13. The van der Waals surface area contributed by atoms with E-state index in [1.165, 1.54) is 10.6 Å². The molecule has 1 aliphatic heterocycles. The first-order chi connectivity index (χ1) is 10.8. The molecular formula is C16H23BrN2O3S. The highest BCUT2D eigenvalue weighted by Gasteiger charge is 2.34. The summed E-state index contributed by atoms with van der Waals surface area (Å²) in [4.78, 5) is 12.5. The van der Waals surface area contributed by atoms with Crippen LogP contribution >= 0.6 is 15.9 Å². The van der Waals surface area contributed by atoms with Gasteiger partial charge >= 0.3 is 0 Å². The van der Waals surface area contributed by atoms with Crippen LogP contribution in [0.3, 0.4) is 0 Å². The third kappa shape index (κ3) is 5.29. The van der Waals surface area contributed by atoms with Crippen molar-refractivity contribution in [2.24, 2.45) is 0 Å². The normalized spacial score (nSPS) is 20.9. The molecule has 2 atom stereocenters. The molecule has 1 N–H and O–H groups in total. The van der Waals surface area contributed by atoms with Crippen LogP contribution in [0.1, 0.15) is 31.7 Å². The number of carbonyl (C=O) groups is 1. The van der Waals surface area contributed by atoms with Gasteiger partial charge in [-0.3, -0.25) is 4.79 Å². The fraction of sp³-hybridized carbons (Fsp3) is 0.562. The van der Waals surface area contributed by atoms with E-state index in [1.807, 2.05) is 31.2 Å². The van der Waals surface area contributed by atoms with E-state index in [0.717, 1.165) is 22.9 Å². The van der Waals surface area contributed by atoms with E-state index in [2.05, 4.69) is 21.2 Å². The van der Waals surface area contributed by atoms with Crippen LogP contribution in [0.5, 0.6) is 0 Å². The molecule has 0 radical (unpaired) electrons. The predicted molar refractivity (Wildman–Crippen MR) is 94.6 cm³/mol. The number of benzene rings is 1. The molecule has 23 heavy (non-hydrogen) atoms. The Morgan fingerprint density at radius 1 is 1.35 bits per heavy atom. The molecule has 0 saturated carbocycles. The molecular weight excluding hydrogens is 380 g/mol. The van der Waals surface area contributed by atoms with E-state index < -0.39 is 16.1 Å². The van der Waals surface area contributed by atoms with Crippen LogP contribution in [-0.2, 0) is 21.2 Å². The quantitative estimate of drug-likeness (QED) is 0.821. The van der Waals surface area contributed by atoms with Crippen LogP contribution in [0.4, 0.5) is 0 Å². The molecule has 1 aromatic carbocycles. The molecule has 1 aliphatic rings. The zero-order valence-corrected chi connectivity index (χ0v) is 15.9. The van der Waals surface area contributed by atoms with Gasteiger partial charge in [0.2, 0.25) is 15.9 Å². The summed E-state index contributed by atoms with van der Waals surface area (Å²) in [6.07, 6.45) is 4.16. The van der Waals surface area contributed by atoms with Crippen molar-refractivity contribution in [1.82, 2.24) is 9.62 Å². The maximum absolute atomic E-state index is 12.5. The third-order valence-electron chi connectivity index (χ3n) is 4.03. The topological polar surface area (TPSA) is 66.5 Å². The molecule has 2 unspecified atom stereocenters. The number of rotatable bonds is 5. The molecule has 1 fully saturated rings. The second-order valence-corrected chi connectivity index (χ2v) is 8.98.